The molecule has 0 aliphatic heterocycles. The normalized spacial score (nSPS) is 10.2. The first-order chi connectivity index (χ1) is 8.08. The lowest BCUT2D eigenvalue weighted by molar-refractivity contribution is -0.384. The number of anilines is 1. The molecule has 0 radical (unpaired) electrons. The average molecular weight is 234 g/mol. The summed E-state index contributed by atoms with van der Waals surface area (Å²) in [5.41, 5.74) is 5.18. The zero-order valence-corrected chi connectivity index (χ0v) is 8.50. The molecular formula is C10H7FN4O2. The van der Waals surface area contributed by atoms with E-state index in [2.05, 4.69) is 9.97 Å². The summed E-state index contributed by atoms with van der Waals surface area (Å²) >= 11 is 0. The molecule has 0 atom stereocenters. The van der Waals surface area contributed by atoms with E-state index in [1.807, 2.05) is 0 Å². The minimum atomic E-state index is -0.624. The van der Waals surface area contributed by atoms with Crippen LogP contribution >= 0.6 is 0 Å². The molecule has 0 fully saturated rings. The summed E-state index contributed by atoms with van der Waals surface area (Å²) in [6.45, 7) is 0. The number of hydrogen-bond donors (Lipinski definition) is 1. The van der Waals surface area contributed by atoms with Crippen LogP contribution < -0.4 is 5.73 Å². The Hall–Kier alpha value is -2.57. The number of nitrogens with two attached hydrogens (primary N) is 1. The van der Waals surface area contributed by atoms with E-state index < -0.39 is 10.7 Å². The highest BCUT2D eigenvalue weighted by Gasteiger charge is 2.18. The molecule has 0 bridgehead atoms. The summed E-state index contributed by atoms with van der Waals surface area (Å²) in [7, 11) is 0. The van der Waals surface area contributed by atoms with E-state index in [0.29, 0.717) is 0 Å². The van der Waals surface area contributed by atoms with E-state index >= 15 is 0 Å². The van der Waals surface area contributed by atoms with E-state index in [4.69, 9.17) is 5.73 Å². The molecule has 0 amide bonds. The summed E-state index contributed by atoms with van der Waals surface area (Å²) < 4.78 is 13.1. The third-order valence-electron chi connectivity index (χ3n) is 2.07. The first-order valence-corrected chi connectivity index (χ1v) is 4.61. The van der Waals surface area contributed by atoms with Gasteiger partial charge >= 0.3 is 0 Å². The molecule has 1 aromatic carbocycles. The van der Waals surface area contributed by atoms with Crippen molar-refractivity contribution in [3.63, 3.8) is 0 Å². The Morgan fingerprint density at radius 1 is 1.35 bits per heavy atom. The van der Waals surface area contributed by atoms with Gasteiger partial charge in [-0.25, -0.2) is 14.4 Å². The Balaban J connectivity index is 2.65. The van der Waals surface area contributed by atoms with Crippen molar-refractivity contribution < 1.29 is 9.31 Å². The van der Waals surface area contributed by atoms with Gasteiger partial charge in [0.1, 0.15) is 11.6 Å². The Labute approximate surface area is 95.1 Å². The van der Waals surface area contributed by atoms with Crippen LogP contribution in [0.25, 0.3) is 11.4 Å². The van der Waals surface area contributed by atoms with Crippen molar-refractivity contribution in [2.45, 2.75) is 0 Å². The molecule has 0 unspecified atom stereocenters. The average Bonchev–Trinajstić information content (AvgIpc) is 2.28. The molecule has 1 aromatic heterocycles. The molecule has 0 aliphatic rings. The number of nitro groups is 1. The van der Waals surface area contributed by atoms with Crippen LogP contribution in [-0.2, 0) is 0 Å². The molecule has 0 saturated heterocycles. The van der Waals surface area contributed by atoms with E-state index in [1.165, 1.54) is 12.3 Å². The summed E-state index contributed by atoms with van der Waals surface area (Å²) in [6.07, 6.45) is 1.35. The molecule has 6 nitrogen and oxygen atoms in total. The zero-order valence-electron chi connectivity index (χ0n) is 8.50. The number of nitrogen functional groups attached to an aromatic ring is 1. The fraction of sp³-hybridized carbons (Fsp3) is 0. The van der Waals surface area contributed by atoms with Crippen LogP contribution in [0.15, 0.2) is 30.5 Å². The minimum Gasteiger partial charge on any atom is -0.384 e. The van der Waals surface area contributed by atoms with Crippen molar-refractivity contribution in [1.29, 1.82) is 0 Å². The van der Waals surface area contributed by atoms with Crippen LogP contribution in [0, 0.1) is 15.9 Å². The van der Waals surface area contributed by atoms with Crippen molar-refractivity contribution in [1.82, 2.24) is 9.97 Å². The van der Waals surface area contributed by atoms with Gasteiger partial charge in [-0.2, -0.15) is 0 Å². The Morgan fingerprint density at radius 2 is 2.12 bits per heavy atom. The molecule has 1 heterocycles. The summed E-state index contributed by atoms with van der Waals surface area (Å²) in [5, 5.41) is 10.8. The van der Waals surface area contributed by atoms with Crippen molar-refractivity contribution >= 4 is 11.5 Å². The van der Waals surface area contributed by atoms with Crippen molar-refractivity contribution in [3.8, 4) is 11.4 Å². The number of rotatable bonds is 2. The largest absolute Gasteiger partial charge is 0.384 e. The van der Waals surface area contributed by atoms with Crippen LogP contribution in [0.4, 0.5) is 15.9 Å². The molecule has 0 aliphatic carbocycles. The van der Waals surface area contributed by atoms with Gasteiger partial charge in [0.2, 0.25) is 0 Å². The van der Waals surface area contributed by atoms with Crippen molar-refractivity contribution in [2.75, 3.05) is 5.73 Å². The zero-order chi connectivity index (χ0) is 12.4. The lowest BCUT2D eigenvalue weighted by Crippen LogP contribution is -1.98. The molecule has 2 N–H and O–H groups in total. The molecule has 7 heteroatoms. The third-order valence-corrected chi connectivity index (χ3v) is 2.07. The fourth-order valence-corrected chi connectivity index (χ4v) is 1.35. The van der Waals surface area contributed by atoms with E-state index in [9.17, 15) is 14.5 Å². The third kappa shape index (κ3) is 2.17. The predicted octanol–water partition coefficient (Wildman–Crippen LogP) is 1.77. The lowest BCUT2D eigenvalue weighted by atomic mass is 10.1. The number of nitrogens with zero attached hydrogens (tertiary/aromatic N) is 3. The quantitative estimate of drug-likeness (QED) is 0.631. The second-order valence-electron chi connectivity index (χ2n) is 3.22. The highest BCUT2D eigenvalue weighted by molar-refractivity contribution is 5.68. The van der Waals surface area contributed by atoms with Crippen LogP contribution in [0.5, 0.6) is 0 Å². The van der Waals surface area contributed by atoms with Crippen LogP contribution in [0.3, 0.4) is 0 Å². The Kier molecular flexibility index (Phi) is 2.65. The second-order valence-corrected chi connectivity index (χ2v) is 3.22. The molecule has 2 aromatic rings. The Bertz CT molecular complexity index is 588. The molecule has 2 rings (SSSR count). The number of nitro benzene ring substituents is 1. The molecule has 86 valence electrons. The number of halogens is 1. The van der Waals surface area contributed by atoms with Crippen molar-refractivity contribution in [3.05, 3.63) is 46.4 Å². The maximum Gasteiger partial charge on any atom is 0.280 e. The van der Waals surface area contributed by atoms with Crippen LogP contribution in [0.1, 0.15) is 0 Å². The summed E-state index contributed by atoms with van der Waals surface area (Å²) in [6, 6.07) is 4.52. The SMILES string of the molecule is Nc1ccnc(-c2cc(F)ccc2[N+](=O)[O-])n1. The highest BCUT2D eigenvalue weighted by atomic mass is 19.1. The molecular weight excluding hydrogens is 227 g/mol. The van der Waals surface area contributed by atoms with E-state index in [0.717, 1.165) is 18.2 Å². The van der Waals surface area contributed by atoms with Gasteiger partial charge in [0, 0.05) is 12.3 Å². The van der Waals surface area contributed by atoms with E-state index in [1.54, 1.807) is 0 Å². The van der Waals surface area contributed by atoms with Gasteiger partial charge in [0.25, 0.3) is 5.69 Å². The molecule has 17 heavy (non-hydrogen) atoms. The number of hydrogen-bond acceptors (Lipinski definition) is 5. The first kappa shape index (κ1) is 10.9. The Morgan fingerprint density at radius 3 is 2.76 bits per heavy atom. The minimum absolute atomic E-state index is 0.00213. The maximum absolute atomic E-state index is 13.1. The predicted molar refractivity (Wildman–Crippen MR) is 58.5 cm³/mol. The van der Waals surface area contributed by atoms with Gasteiger partial charge in [-0.1, -0.05) is 0 Å². The van der Waals surface area contributed by atoms with Gasteiger partial charge in [0.15, 0.2) is 5.82 Å². The molecule has 0 spiro atoms. The van der Waals surface area contributed by atoms with Gasteiger partial charge in [-0.15, -0.1) is 0 Å². The van der Waals surface area contributed by atoms with Gasteiger partial charge in [0.05, 0.1) is 10.5 Å². The second kappa shape index (κ2) is 4.12. The topological polar surface area (TPSA) is 94.9 Å². The smallest absolute Gasteiger partial charge is 0.280 e. The summed E-state index contributed by atoms with van der Waals surface area (Å²) in [5.74, 6) is -0.415. The first-order valence-electron chi connectivity index (χ1n) is 4.61. The van der Waals surface area contributed by atoms with E-state index in [-0.39, 0.29) is 22.9 Å². The van der Waals surface area contributed by atoms with Crippen LogP contribution in [-0.4, -0.2) is 14.9 Å². The fourth-order valence-electron chi connectivity index (χ4n) is 1.35. The lowest BCUT2D eigenvalue weighted by Gasteiger charge is -2.02. The maximum atomic E-state index is 13.1. The van der Waals surface area contributed by atoms with Crippen molar-refractivity contribution in [2.24, 2.45) is 0 Å². The van der Waals surface area contributed by atoms with Gasteiger partial charge < -0.3 is 5.73 Å². The van der Waals surface area contributed by atoms with Gasteiger partial charge in [-0.3, -0.25) is 10.1 Å². The van der Waals surface area contributed by atoms with Gasteiger partial charge in [-0.05, 0) is 18.2 Å². The molecule has 0 saturated carbocycles. The number of aromatic nitrogens is 2. The number of benzene rings is 1. The monoisotopic (exact) mass is 234 g/mol. The van der Waals surface area contributed by atoms with Crippen LogP contribution in [0.2, 0.25) is 0 Å². The summed E-state index contributed by atoms with van der Waals surface area (Å²) in [4.78, 5) is 17.8. The highest BCUT2D eigenvalue weighted by Crippen LogP contribution is 2.27. The standard InChI is InChI=1S/C10H7FN4O2/c11-6-1-2-8(15(16)17)7(5-6)10-13-4-3-9(12)14-10/h1-5H,(H2,12,13,14).